The molecule has 0 aliphatic heterocycles. The molecule has 0 spiro atoms. The molecule has 11 heavy (non-hydrogen) atoms. The Hall–Kier alpha value is -0.500. The Kier molecular flexibility index (Phi) is 9.07. The summed E-state index contributed by atoms with van der Waals surface area (Å²) < 4.78 is 10.2. The smallest absolute Gasteiger partial charge is 0.0873 e. The lowest BCUT2D eigenvalue weighted by Gasteiger charge is -1.97. The van der Waals surface area contributed by atoms with Crippen molar-refractivity contribution in [1.29, 1.82) is 0 Å². The van der Waals surface area contributed by atoms with Gasteiger partial charge in [0.15, 0.2) is 0 Å². The van der Waals surface area contributed by atoms with Gasteiger partial charge in [-0.3, -0.25) is 0 Å². The molecule has 0 saturated carbocycles. The van der Waals surface area contributed by atoms with E-state index in [4.69, 9.17) is 9.47 Å². The third-order valence-corrected chi connectivity index (χ3v) is 1.23. The lowest BCUT2D eigenvalue weighted by molar-refractivity contribution is 0.172. The van der Waals surface area contributed by atoms with E-state index in [9.17, 15) is 0 Å². The van der Waals surface area contributed by atoms with Crippen LogP contribution in [0.5, 0.6) is 0 Å². The summed E-state index contributed by atoms with van der Waals surface area (Å²) in [6.45, 7) is 6.36. The van der Waals surface area contributed by atoms with Crippen LogP contribution in [0.4, 0.5) is 0 Å². The van der Waals surface area contributed by atoms with E-state index < -0.39 is 0 Å². The second-order valence-corrected chi connectivity index (χ2v) is 2.26. The molecule has 0 aromatic rings. The summed E-state index contributed by atoms with van der Waals surface area (Å²) in [5.41, 5.74) is 0. The highest BCUT2D eigenvalue weighted by Crippen LogP contribution is 1.88. The van der Waals surface area contributed by atoms with Gasteiger partial charge in [-0.25, -0.2) is 0 Å². The standard InChI is InChI=1S/C9H18O2/c1-3-5-7-11-9-6-8-10-4-2/h6,9H,3-5,7-8H2,1-2H3. The molecule has 0 aromatic heterocycles. The predicted molar refractivity (Wildman–Crippen MR) is 46.5 cm³/mol. The quantitative estimate of drug-likeness (QED) is 0.418. The molecule has 0 amide bonds. The molecule has 0 bridgehead atoms. The van der Waals surface area contributed by atoms with Crippen molar-refractivity contribution in [3.05, 3.63) is 12.3 Å². The molecular weight excluding hydrogens is 140 g/mol. The van der Waals surface area contributed by atoms with Crippen LogP contribution in [0, 0.1) is 0 Å². The van der Waals surface area contributed by atoms with Gasteiger partial charge >= 0.3 is 0 Å². The largest absolute Gasteiger partial charge is 0.501 e. The Balaban J connectivity index is 2.91. The summed E-state index contributed by atoms with van der Waals surface area (Å²) in [7, 11) is 0. The highest BCUT2D eigenvalue weighted by molar-refractivity contribution is 4.72. The zero-order chi connectivity index (χ0) is 8.36. The minimum Gasteiger partial charge on any atom is -0.501 e. The van der Waals surface area contributed by atoms with Gasteiger partial charge in [0.05, 0.1) is 19.5 Å². The van der Waals surface area contributed by atoms with Crippen molar-refractivity contribution in [2.45, 2.75) is 26.7 Å². The van der Waals surface area contributed by atoms with E-state index in [0.717, 1.165) is 19.6 Å². The molecule has 0 atom stereocenters. The lowest BCUT2D eigenvalue weighted by atomic mass is 10.4. The number of hydrogen-bond acceptors (Lipinski definition) is 2. The summed E-state index contributed by atoms with van der Waals surface area (Å²) in [6.07, 6.45) is 5.91. The Morgan fingerprint density at radius 1 is 1.27 bits per heavy atom. The topological polar surface area (TPSA) is 18.5 Å². The van der Waals surface area contributed by atoms with Gasteiger partial charge in [0.2, 0.25) is 0 Å². The van der Waals surface area contributed by atoms with Gasteiger partial charge < -0.3 is 9.47 Å². The van der Waals surface area contributed by atoms with Crippen molar-refractivity contribution >= 4 is 0 Å². The average Bonchev–Trinajstić information content (AvgIpc) is 2.03. The fourth-order valence-corrected chi connectivity index (χ4v) is 0.589. The maximum absolute atomic E-state index is 5.16. The van der Waals surface area contributed by atoms with Crippen LogP contribution in [0.15, 0.2) is 12.3 Å². The summed E-state index contributed by atoms with van der Waals surface area (Å²) >= 11 is 0. The van der Waals surface area contributed by atoms with Crippen molar-refractivity contribution in [3.8, 4) is 0 Å². The van der Waals surface area contributed by atoms with E-state index in [1.165, 1.54) is 6.42 Å². The zero-order valence-electron chi connectivity index (χ0n) is 7.51. The Bertz CT molecular complexity index is 89.6. The van der Waals surface area contributed by atoms with Crippen molar-refractivity contribution in [1.82, 2.24) is 0 Å². The van der Waals surface area contributed by atoms with Crippen LogP contribution in [0.25, 0.3) is 0 Å². The molecule has 2 nitrogen and oxygen atoms in total. The fourth-order valence-electron chi connectivity index (χ4n) is 0.589. The number of hydrogen-bond donors (Lipinski definition) is 0. The van der Waals surface area contributed by atoms with Gasteiger partial charge in [0.1, 0.15) is 0 Å². The Morgan fingerprint density at radius 2 is 2.09 bits per heavy atom. The zero-order valence-corrected chi connectivity index (χ0v) is 7.51. The van der Waals surface area contributed by atoms with Crippen LogP contribution < -0.4 is 0 Å². The van der Waals surface area contributed by atoms with Crippen LogP contribution in [0.3, 0.4) is 0 Å². The third-order valence-electron chi connectivity index (χ3n) is 1.23. The number of rotatable bonds is 7. The predicted octanol–water partition coefficient (Wildman–Crippen LogP) is 2.35. The van der Waals surface area contributed by atoms with Crippen LogP contribution in [0.1, 0.15) is 26.7 Å². The van der Waals surface area contributed by atoms with Crippen molar-refractivity contribution in [3.63, 3.8) is 0 Å². The molecule has 0 aliphatic rings. The molecular formula is C9H18O2. The minimum atomic E-state index is 0.655. The van der Waals surface area contributed by atoms with Gasteiger partial charge in [0, 0.05) is 6.61 Å². The van der Waals surface area contributed by atoms with Gasteiger partial charge in [-0.05, 0) is 19.4 Å². The number of ether oxygens (including phenoxy) is 2. The third kappa shape index (κ3) is 9.50. The Morgan fingerprint density at radius 3 is 2.73 bits per heavy atom. The first-order valence-corrected chi connectivity index (χ1v) is 4.26. The highest BCUT2D eigenvalue weighted by atomic mass is 16.5. The van der Waals surface area contributed by atoms with Crippen LogP contribution >= 0.6 is 0 Å². The normalized spacial score (nSPS) is 10.7. The molecule has 0 fully saturated rings. The molecule has 66 valence electrons. The molecule has 2 heteroatoms. The first-order valence-electron chi connectivity index (χ1n) is 4.26. The molecule has 0 radical (unpaired) electrons. The highest BCUT2D eigenvalue weighted by Gasteiger charge is 1.80. The fraction of sp³-hybridized carbons (Fsp3) is 0.778. The van der Waals surface area contributed by atoms with Gasteiger partial charge in [-0.2, -0.15) is 0 Å². The first kappa shape index (κ1) is 10.5. The van der Waals surface area contributed by atoms with Crippen molar-refractivity contribution in [2.75, 3.05) is 19.8 Å². The molecule has 0 saturated heterocycles. The van der Waals surface area contributed by atoms with E-state index in [-0.39, 0.29) is 0 Å². The van der Waals surface area contributed by atoms with Crippen LogP contribution in [-0.4, -0.2) is 19.8 Å². The Labute approximate surface area is 69.2 Å². The van der Waals surface area contributed by atoms with Gasteiger partial charge in [-0.1, -0.05) is 13.3 Å². The van der Waals surface area contributed by atoms with E-state index in [1.54, 1.807) is 6.26 Å². The van der Waals surface area contributed by atoms with Crippen LogP contribution in [-0.2, 0) is 9.47 Å². The van der Waals surface area contributed by atoms with Gasteiger partial charge in [0.25, 0.3) is 0 Å². The molecule has 0 N–H and O–H groups in total. The van der Waals surface area contributed by atoms with E-state index >= 15 is 0 Å². The maximum Gasteiger partial charge on any atom is 0.0873 e. The van der Waals surface area contributed by atoms with E-state index in [0.29, 0.717) is 6.61 Å². The first-order chi connectivity index (χ1) is 5.41. The van der Waals surface area contributed by atoms with Crippen molar-refractivity contribution in [2.24, 2.45) is 0 Å². The number of unbranched alkanes of at least 4 members (excludes halogenated alkanes) is 1. The molecule has 0 unspecified atom stereocenters. The minimum absolute atomic E-state index is 0.655. The summed E-state index contributed by atoms with van der Waals surface area (Å²) in [5, 5.41) is 0. The van der Waals surface area contributed by atoms with E-state index in [1.807, 2.05) is 13.0 Å². The average molecular weight is 158 g/mol. The molecule has 0 aromatic carbocycles. The van der Waals surface area contributed by atoms with E-state index in [2.05, 4.69) is 6.92 Å². The second kappa shape index (κ2) is 9.50. The maximum atomic E-state index is 5.16. The van der Waals surface area contributed by atoms with Crippen LogP contribution in [0.2, 0.25) is 0 Å². The SMILES string of the molecule is CCCCOC=CCOCC. The van der Waals surface area contributed by atoms with Crippen molar-refractivity contribution < 1.29 is 9.47 Å². The summed E-state index contributed by atoms with van der Waals surface area (Å²) in [4.78, 5) is 0. The summed E-state index contributed by atoms with van der Waals surface area (Å²) in [5.74, 6) is 0. The monoisotopic (exact) mass is 158 g/mol. The second-order valence-electron chi connectivity index (χ2n) is 2.26. The lowest BCUT2D eigenvalue weighted by Crippen LogP contribution is -1.90. The molecule has 0 rings (SSSR count). The summed E-state index contributed by atoms with van der Waals surface area (Å²) in [6, 6.07) is 0. The molecule has 0 heterocycles. The van der Waals surface area contributed by atoms with Gasteiger partial charge in [-0.15, -0.1) is 0 Å². The molecule has 0 aliphatic carbocycles.